The van der Waals surface area contributed by atoms with Gasteiger partial charge in [-0.15, -0.1) is 11.6 Å². The fourth-order valence-electron chi connectivity index (χ4n) is 1.29. The van der Waals surface area contributed by atoms with E-state index < -0.39 is 15.2 Å². The summed E-state index contributed by atoms with van der Waals surface area (Å²) in [5, 5.41) is -0.454. The predicted molar refractivity (Wildman–Crippen MR) is 80.0 cm³/mol. The Kier molecular flexibility index (Phi) is 5.56. The van der Waals surface area contributed by atoms with Gasteiger partial charge >= 0.3 is 0 Å². The van der Waals surface area contributed by atoms with Gasteiger partial charge in [-0.2, -0.15) is 0 Å². The van der Waals surface area contributed by atoms with Crippen LogP contribution in [0.2, 0.25) is 0 Å². The second-order valence-electron chi connectivity index (χ2n) is 3.34. The maximum atomic E-state index is 11.8. The maximum absolute atomic E-state index is 11.8. The fourth-order valence-corrected chi connectivity index (χ4v) is 2.63. The van der Waals surface area contributed by atoms with Crippen molar-refractivity contribution in [1.82, 2.24) is 0 Å². The normalized spacial score (nSPS) is 10.5. The number of benzene rings is 1. The van der Waals surface area contributed by atoms with Crippen molar-refractivity contribution in [2.24, 2.45) is 0 Å². The Labute approximate surface area is 120 Å². The van der Waals surface area contributed by atoms with Gasteiger partial charge < -0.3 is 0 Å². The summed E-state index contributed by atoms with van der Waals surface area (Å²) < 4.78 is 27.6. The molecule has 0 bridgehead atoms. The summed E-state index contributed by atoms with van der Waals surface area (Å²) in [4.78, 5) is 0. The van der Waals surface area contributed by atoms with Gasteiger partial charge in [0.05, 0.1) is 12.2 Å². The molecule has 0 spiro atoms. The van der Waals surface area contributed by atoms with Crippen LogP contribution in [0.5, 0.6) is 0 Å². The lowest BCUT2D eigenvalue weighted by molar-refractivity contribution is 0.597. The van der Waals surface area contributed by atoms with Crippen LogP contribution >= 0.6 is 34.2 Å². The monoisotopic (exact) mass is 383 g/mol. The zero-order valence-electron chi connectivity index (χ0n) is 9.15. The summed E-state index contributed by atoms with van der Waals surface area (Å²) in [6, 6.07) is 7.23. The van der Waals surface area contributed by atoms with E-state index >= 15 is 0 Å². The van der Waals surface area contributed by atoms with Crippen LogP contribution in [0.1, 0.15) is 5.56 Å². The molecule has 0 aliphatic carbocycles. The van der Waals surface area contributed by atoms with E-state index in [9.17, 15) is 8.42 Å². The minimum Gasteiger partial charge on any atom is -0.257 e. The van der Waals surface area contributed by atoms with Crippen molar-refractivity contribution in [2.45, 2.75) is 6.92 Å². The van der Waals surface area contributed by atoms with Crippen molar-refractivity contribution in [1.29, 1.82) is 0 Å². The Bertz CT molecular complexity index is 548. The smallest absolute Gasteiger partial charge is 0.250 e. The molecule has 17 heavy (non-hydrogen) atoms. The average molecular weight is 384 g/mol. The molecular formula is C11H11ClINO2S. The molecule has 1 aromatic carbocycles. The van der Waals surface area contributed by atoms with Gasteiger partial charge in [0, 0.05) is 22.6 Å². The molecule has 0 N–H and O–H groups in total. The maximum Gasteiger partial charge on any atom is 0.250 e. The number of sulfonamides is 1. The van der Waals surface area contributed by atoms with Gasteiger partial charge in [-0.05, 0) is 28.5 Å². The van der Waals surface area contributed by atoms with E-state index in [1.54, 1.807) is 18.2 Å². The molecule has 0 saturated heterocycles. The Morgan fingerprint density at radius 3 is 2.71 bits per heavy atom. The van der Waals surface area contributed by atoms with E-state index in [0.29, 0.717) is 5.69 Å². The van der Waals surface area contributed by atoms with E-state index in [-0.39, 0.29) is 6.54 Å². The van der Waals surface area contributed by atoms with Crippen LogP contribution in [0.15, 0.2) is 24.3 Å². The molecule has 0 saturated carbocycles. The Balaban J connectivity index is 3.18. The Hall–Kier alpha value is -0.450. The highest BCUT2D eigenvalue weighted by atomic mass is 127. The quantitative estimate of drug-likeness (QED) is 0.455. The second-order valence-corrected chi connectivity index (χ2v) is 6.35. The third kappa shape index (κ3) is 4.05. The minimum absolute atomic E-state index is 0.113. The molecule has 6 heteroatoms. The van der Waals surface area contributed by atoms with Crippen molar-refractivity contribution >= 4 is 49.9 Å². The lowest BCUT2D eigenvalue weighted by atomic mass is 10.2. The second kappa shape index (κ2) is 6.47. The number of nitrogens with zero attached hydrogens (tertiary/aromatic N) is 1. The van der Waals surface area contributed by atoms with Crippen molar-refractivity contribution in [3.63, 3.8) is 0 Å². The molecular weight excluding hydrogens is 373 g/mol. The molecule has 1 rings (SSSR count). The number of hydrogen-bond donors (Lipinski definition) is 0. The first-order valence-electron chi connectivity index (χ1n) is 4.73. The van der Waals surface area contributed by atoms with Crippen LogP contribution in [0.25, 0.3) is 0 Å². The minimum atomic E-state index is -3.51. The van der Waals surface area contributed by atoms with E-state index in [1.807, 2.05) is 35.6 Å². The van der Waals surface area contributed by atoms with Crippen molar-refractivity contribution in [3.8, 4) is 9.85 Å². The molecule has 0 atom stereocenters. The molecule has 0 amide bonds. The van der Waals surface area contributed by atoms with Crippen LogP contribution < -0.4 is 4.31 Å². The van der Waals surface area contributed by atoms with Crippen LogP contribution in [-0.4, -0.2) is 20.2 Å². The summed E-state index contributed by atoms with van der Waals surface area (Å²) >= 11 is 7.35. The molecule has 0 fully saturated rings. The molecule has 0 radical (unpaired) electrons. The Morgan fingerprint density at radius 1 is 1.47 bits per heavy atom. The number of hydrogen-bond acceptors (Lipinski definition) is 2. The third-order valence-corrected chi connectivity index (χ3v) is 4.55. The number of anilines is 1. The lowest BCUT2D eigenvalue weighted by Crippen LogP contribution is -2.32. The van der Waals surface area contributed by atoms with E-state index in [2.05, 4.69) is 9.85 Å². The summed E-state index contributed by atoms with van der Waals surface area (Å²) in [7, 11) is -3.51. The molecule has 0 aromatic heterocycles. The van der Waals surface area contributed by atoms with Crippen LogP contribution in [0.3, 0.4) is 0 Å². The Morgan fingerprint density at radius 2 is 2.18 bits per heavy atom. The first kappa shape index (κ1) is 14.6. The van der Waals surface area contributed by atoms with Crippen LogP contribution in [-0.2, 0) is 10.0 Å². The molecule has 0 heterocycles. The predicted octanol–water partition coefficient (Wildman–Crippen LogP) is 2.72. The highest BCUT2D eigenvalue weighted by molar-refractivity contribution is 14.1. The summed E-state index contributed by atoms with van der Waals surface area (Å²) in [6.45, 7) is 2.01. The first-order chi connectivity index (χ1) is 8.01. The van der Waals surface area contributed by atoms with Gasteiger partial charge in [0.1, 0.15) is 5.21 Å². The molecule has 92 valence electrons. The van der Waals surface area contributed by atoms with E-state index in [4.69, 9.17) is 11.6 Å². The number of aryl methyl sites for hydroxylation is 1. The van der Waals surface area contributed by atoms with Gasteiger partial charge in [0.15, 0.2) is 0 Å². The molecule has 0 aliphatic heterocycles. The van der Waals surface area contributed by atoms with Gasteiger partial charge in [0.2, 0.25) is 10.0 Å². The van der Waals surface area contributed by atoms with Gasteiger partial charge in [0.25, 0.3) is 0 Å². The average Bonchev–Trinajstić information content (AvgIpc) is 2.29. The van der Waals surface area contributed by atoms with E-state index in [0.717, 1.165) is 5.56 Å². The SMILES string of the molecule is Cc1cccc(N(CC#CI)S(=O)(=O)CCl)c1. The van der Waals surface area contributed by atoms with Crippen molar-refractivity contribution in [3.05, 3.63) is 29.8 Å². The first-order valence-corrected chi connectivity index (χ1v) is 7.95. The molecule has 1 aromatic rings. The zero-order chi connectivity index (χ0) is 12.9. The highest BCUT2D eigenvalue weighted by Crippen LogP contribution is 2.19. The topological polar surface area (TPSA) is 37.4 Å². The third-order valence-electron chi connectivity index (χ3n) is 2.05. The lowest BCUT2D eigenvalue weighted by Gasteiger charge is -2.21. The van der Waals surface area contributed by atoms with Gasteiger partial charge in [-0.1, -0.05) is 18.1 Å². The number of alkyl halides is 1. The number of rotatable bonds is 4. The molecule has 0 unspecified atom stereocenters. The largest absolute Gasteiger partial charge is 0.257 e. The van der Waals surface area contributed by atoms with E-state index in [1.165, 1.54) is 4.31 Å². The van der Waals surface area contributed by atoms with Crippen molar-refractivity contribution < 1.29 is 8.42 Å². The van der Waals surface area contributed by atoms with Gasteiger partial charge in [-0.3, -0.25) is 4.31 Å². The summed E-state index contributed by atoms with van der Waals surface area (Å²) in [5.74, 6) is 2.73. The molecule has 3 nitrogen and oxygen atoms in total. The number of halogens is 2. The van der Waals surface area contributed by atoms with Crippen molar-refractivity contribution in [2.75, 3.05) is 16.1 Å². The van der Waals surface area contributed by atoms with Crippen LogP contribution in [0, 0.1) is 16.8 Å². The zero-order valence-corrected chi connectivity index (χ0v) is 12.9. The highest BCUT2D eigenvalue weighted by Gasteiger charge is 2.20. The fraction of sp³-hybridized carbons (Fsp3) is 0.273. The summed E-state index contributed by atoms with van der Waals surface area (Å²) in [6.07, 6.45) is 0. The summed E-state index contributed by atoms with van der Waals surface area (Å²) in [5.41, 5.74) is 1.57. The van der Waals surface area contributed by atoms with Gasteiger partial charge in [-0.25, -0.2) is 8.42 Å². The molecule has 0 aliphatic rings. The van der Waals surface area contributed by atoms with Crippen LogP contribution in [0.4, 0.5) is 5.69 Å². The standard InChI is InChI=1S/C11H11ClINO2S/c1-10-4-2-5-11(8-10)14(7-3-6-13)17(15,16)9-12/h2,4-5,8H,7,9H2,1H3.